The summed E-state index contributed by atoms with van der Waals surface area (Å²) in [6.07, 6.45) is 17.7. The average molecular weight is 623 g/mol. The number of carbonyl (C=O) groups excluding carboxylic acids is 3. The monoisotopic (exact) mass is 623 g/mol. The molecule has 256 valence electrons. The van der Waals surface area contributed by atoms with E-state index in [1.165, 1.54) is 64.3 Å². The minimum atomic E-state index is -0.0516. The Morgan fingerprint density at radius 1 is 0.523 bits per heavy atom. The number of rotatable bonds is 29. The van der Waals surface area contributed by atoms with Gasteiger partial charge in [0.1, 0.15) is 0 Å². The molecule has 0 heterocycles. The highest BCUT2D eigenvalue weighted by Crippen LogP contribution is 2.12. The number of ether oxygens (including phenoxy) is 1. The maximum atomic E-state index is 12.0. The zero-order valence-corrected chi connectivity index (χ0v) is 29.7. The van der Waals surface area contributed by atoms with Crippen LogP contribution in [-0.2, 0) is 19.1 Å². The number of esters is 1. The Kier molecular flexibility index (Phi) is 23.8. The lowest BCUT2D eigenvalue weighted by atomic mass is 10.1. The second kappa shape index (κ2) is 25.1. The Balaban J connectivity index is 3.54. The van der Waals surface area contributed by atoms with Crippen LogP contribution >= 0.6 is 0 Å². The maximum Gasteiger partial charge on any atom is 0.305 e. The van der Waals surface area contributed by atoms with Gasteiger partial charge in [0.2, 0.25) is 11.8 Å². The Hall–Kier alpha value is -2.19. The van der Waals surface area contributed by atoms with Crippen molar-refractivity contribution in [1.82, 2.24) is 10.6 Å². The zero-order valence-electron chi connectivity index (χ0n) is 29.7. The number of quaternary nitrogens is 2. The van der Waals surface area contributed by atoms with Gasteiger partial charge in [0.25, 0.3) is 0 Å². The Morgan fingerprint density at radius 2 is 0.864 bits per heavy atom. The van der Waals surface area contributed by atoms with E-state index in [0.717, 1.165) is 67.1 Å². The zero-order chi connectivity index (χ0) is 33.3. The lowest BCUT2D eigenvalue weighted by molar-refractivity contribution is -0.890. The quantitative estimate of drug-likeness (QED) is 0.0443. The fraction of sp³-hybridized carbons (Fsp3) is 0.806. The molecular weight excluding hydrogens is 552 g/mol. The Morgan fingerprint density at radius 3 is 1.27 bits per heavy atom. The molecule has 8 nitrogen and oxygen atoms in total. The molecule has 8 heteroatoms. The van der Waals surface area contributed by atoms with Crippen LogP contribution in [0.2, 0.25) is 0 Å². The van der Waals surface area contributed by atoms with Gasteiger partial charge >= 0.3 is 5.97 Å². The molecule has 0 saturated carbocycles. The molecule has 0 atom stereocenters. The predicted molar refractivity (Wildman–Crippen MR) is 184 cm³/mol. The minimum absolute atomic E-state index is 0.0394. The van der Waals surface area contributed by atoms with Crippen LogP contribution in [0.5, 0.6) is 0 Å². The summed E-state index contributed by atoms with van der Waals surface area (Å²) in [5.74, 6) is -0.138. The van der Waals surface area contributed by atoms with E-state index in [1.54, 1.807) is 13.8 Å². The molecule has 0 unspecified atom stereocenters. The van der Waals surface area contributed by atoms with Gasteiger partial charge in [0.05, 0.1) is 61.0 Å². The highest BCUT2D eigenvalue weighted by atomic mass is 16.5. The lowest BCUT2D eigenvalue weighted by Crippen LogP contribution is -2.42. The van der Waals surface area contributed by atoms with Crippen LogP contribution in [-0.4, -0.2) is 101 Å². The number of nitrogens with zero attached hydrogens (tertiary/aromatic N) is 2. The van der Waals surface area contributed by atoms with E-state index in [-0.39, 0.29) is 17.8 Å². The number of hydrogen-bond donors (Lipinski definition) is 2. The molecule has 0 aliphatic heterocycles. The van der Waals surface area contributed by atoms with E-state index in [1.807, 2.05) is 0 Å². The third-order valence-corrected chi connectivity index (χ3v) is 8.29. The van der Waals surface area contributed by atoms with Crippen molar-refractivity contribution in [2.75, 3.05) is 74.1 Å². The van der Waals surface area contributed by atoms with Crippen LogP contribution in [0.15, 0.2) is 24.3 Å². The molecule has 0 fully saturated rings. The first-order valence-corrected chi connectivity index (χ1v) is 17.4. The molecule has 0 aliphatic rings. The third kappa shape index (κ3) is 26.2. The van der Waals surface area contributed by atoms with E-state index < -0.39 is 0 Å². The van der Waals surface area contributed by atoms with Gasteiger partial charge in [-0.25, -0.2) is 0 Å². The van der Waals surface area contributed by atoms with Crippen LogP contribution in [0, 0.1) is 0 Å². The van der Waals surface area contributed by atoms with Crippen molar-refractivity contribution in [3.8, 4) is 0 Å². The van der Waals surface area contributed by atoms with Crippen molar-refractivity contribution in [3.63, 3.8) is 0 Å². The molecule has 44 heavy (non-hydrogen) atoms. The summed E-state index contributed by atoms with van der Waals surface area (Å²) in [6, 6.07) is 0. The van der Waals surface area contributed by atoms with Crippen molar-refractivity contribution < 1.29 is 28.1 Å². The summed E-state index contributed by atoms with van der Waals surface area (Å²) in [5, 5.41) is 5.82. The van der Waals surface area contributed by atoms with E-state index in [9.17, 15) is 14.4 Å². The highest BCUT2D eigenvalue weighted by molar-refractivity contribution is 5.92. The molecule has 0 aromatic heterocycles. The first-order valence-electron chi connectivity index (χ1n) is 17.4. The first kappa shape index (κ1) is 41.8. The third-order valence-electron chi connectivity index (χ3n) is 8.29. The lowest BCUT2D eigenvalue weighted by Gasteiger charge is -2.30. The van der Waals surface area contributed by atoms with Gasteiger partial charge in [-0.3, -0.25) is 14.4 Å². The normalized spacial score (nSPS) is 11.7. The van der Waals surface area contributed by atoms with Gasteiger partial charge in [-0.2, -0.15) is 0 Å². The van der Waals surface area contributed by atoms with Crippen LogP contribution in [0.25, 0.3) is 0 Å². The standard InChI is InChI=1S/C36H68N4O4/c1-32(2)35(42)37-25-22-29-39(5,6)27-19-15-11-9-13-17-21-31-44-34(41)24-18-14-10-12-16-20-28-40(7,8)30-23-26-38-36(43)33(3)4/h1,3,9-31H2,2,4-8H3/p+2. The Bertz CT molecular complexity index is 838. The van der Waals surface area contributed by atoms with Gasteiger partial charge in [0.15, 0.2) is 0 Å². The largest absolute Gasteiger partial charge is 0.466 e. The molecule has 0 spiro atoms. The van der Waals surface area contributed by atoms with Gasteiger partial charge < -0.3 is 24.3 Å². The summed E-state index contributed by atoms with van der Waals surface area (Å²) in [5.41, 5.74) is 1.13. The minimum Gasteiger partial charge on any atom is -0.466 e. The summed E-state index contributed by atoms with van der Waals surface area (Å²) in [4.78, 5) is 35.1. The number of carbonyl (C=O) groups is 3. The Labute approximate surface area is 271 Å². The fourth-order valence-corrected chi connectivity index (χ4v) is 5.24. The van der Waals surface area contributed by atoms with Gasteiger partial charge in [0, 0.05) is 43.5 Å². The first-order chi connectivity index (χ1) is 20.8. The number of unbranched alkanes of at least 4 members (excludes halogenated alkanes) is 11. The van der Waals surface area contributed by atoms with Crippen molar-refractivity contribution >= 4 is 17.8 Å². The molecule has 2 N–H and O–H groups in total. The van der Waals surface area contributed by atoms with E-state index in [4.69, 9.17) is 4.74 Å². The van der Waals surface area contributed by atoms with Crippen molar-refractivity contribution in [2.24, 2.45) is 0 Å². The molecule has 0 saturated heterocycles. The molecule has 0 aliphatic carbocycles. The number of amides is 2. The number of nitrogens with one attached hydrogen (secondary N) is 2. The molecular formula is C36H70N4O4+2. The van der Waals surface area contributed by atoms with Crippen molar-refractivity contribution in [1.29, 1.82) is 0 Å². The highest BCUT2D eigenvalue weighted by Gasteiger charge is 2.15. The van der Waals surface area contributed by atoms with Crippen molar-refractivity contribution in [2.45, 2.75) is 117 Å². The summed E-state index contributed by atoms with van der Waals surface area (Å²) in [6.45, 7) is 17.2. The van der Waals surface area contributed by atoms with Crippen LogP contribution in [0.3, 0.4) is 0 Å². The smallest absolute Gasteiger partial charge is 0.305 e. The second-order valence-corrected chi connectivity index (χ2v) is 14.1. The van der Waals surface area contributed by atoms with Gasteiger partial charge in [-0.1, -0.05) is 58.1 Å². The van der Waals surface area contributed by atoms with Gasteiger partial charge in [-0.05, 0) is 52.4 Å². The van der Waals surface area contributed by atoms with E-state index >= 15 is 0 Å². The van der Waals surface area contributed by atoms with E-state index in [0.29, 0.717) is 37.3 Å². The molecule has 0 rings (SSSR count). The molecule has 0 radical (unpaired) electrons. The SMILES string of the molecule is C=C(C)C(=O)NCCC[N+](C)(C)CCCCCCCCCOC(=O)CCCCCCCC[N+](C)(C)CCCNC(=O)C(=C)C. The summed E-state index contributed by atoms with van der Waals surface area (Å²) < 4.78 is 7.41. The van der Waals surface area contributed by atoms with Crippen LogP contribution in [0.1, 0.15) is 117 Å². The molecule has 0 aromatic rings. The fourth-order valence-electron chi connectivity index (χ4n) is 5.24. The second-order valence-electron chi connectivity index (χ2n) is 14.1. The predicted octanol–water partition coefficient (Wildman–Crippen LogP) is 6.31. The van der Waals surface area contributed by atoms with Crippen LogP contribution < -0.4 is 10.6 Å². The average Bonchev–Trinajstić information content (AvgIpc) is 2.95. The molecule has 2 amide bonds. The number of hydrogen-bond acceptors (Lipinski definition) is 4. The maximum absolute atomic E-state index is 12.0. The molecule has 0 bridgehead atoms. The van der Waals surface area contributed by atoms with Crippen molar-refractivity contribution in [3.05, 3.63) is 24.3 Å². The summed E-state index contributed by atoms with van der Waals surface area (Å²) in [7, 11) is 9.06. The van der Waals surface area contributed by atoms with E-state index in [2.05, 4.69) is 52.0 Å². The summed E-state index contributed by atoms with van der Waals surface area (Å²) >= 11 is 0. The topological polar surface area (TPSA) is 84.5 Å². The molecule has 0 aromatic carbocycles. The van der Waals surface area contributed by atoms with Gasteiger partial charge in [-0.15, -0.1) is 0 Å². The van der Waals surface area contributed by atoms with Crippen LogP contribution in [0.4, 0.5) is 0 Å².